The number of benzene rings is 1. The quantitative estimate of drug-likeness (QED) is 0.869. The van der Waals surface area contributed by atoms with Crippen molar-refractivity contribution in [3.63, 3.8) is 0 Å². The van der Waals surface area contributed by atoms with Gasteiger partial charge in [-0.05, 0) is 29.8 Å². The van der Waals surface area contributed by atoms with E-state index in [1.807, 2.05) is 43.3 Å². The van der Waals surface area contributed by atoms with Crippen molar-refractivity contribution in [2.24, 2.45) is 0 Å². The number of anilines is 1. The minimum Gasteiger partial charge on any atom is -0.378 e. The first-order chi connectivity index (χ1) is 9.56. The summed E-state index contributed by atoms with van der Waals surface area (Å²) < 4.78 is 12.7. The fourth-order valence-corrected chi connectivity index (χ4v) is 1.71. The maximum absolute atomic E-state index is 12.7. The molecular formula is C15H16FN3O. The molecule has 104 valence electrons. The summed E-state index contributed by atoms with van der Waals surface area (Å²) in [5, 5.41) is 2.77. The molecule has 5 heteroatoms. The molecule has 0 spiro atoms. The molecule has 4 nitrogen and oxygen atoms in total. The number of rotatable bonds is 4. The number of carbonyl (C=O) groups is 1. The van der Waals surface area contributed by atoms with Gasteiger partial charge in [0.1, 0.15) is 0 Å². The molecule has 0 fully saturated rings. The first-order valence-corrected chi connectivity index (χ1v) is 6.22. The largest absolute Gasteiger partial charge is 0.378 e. The number of hydrogen-bond acceptors (Lipinski definition) is 3. The second-order valence-electron chi connectivity index (χ2n) is 4.61. The molecule has 0 saturated carbocycles. The van der Waals surface area contributed by atoms with Crippen LogP contribution < -0.4 is 10.2 Å². The molecule has 1 aromatic carbocycles. The van der Waals surface area contributed by atoms with Gasteiger partial charge in [0.25, 0.3) is 5.91 Å². The Hall–Kier alpha value is -2.43. The van der Waals surface area contributed by atoms with E-state index in [0.29, 0.717) is 12.1 Å². The topological polar surface area (TPSA) is 45.2 Å². The Balaban J connectivity index is 1.94. The van der Waals surface area contributed by atoms with Crippen molar-refractivity contribution in [3.8, 4) is 0 Å². The number of amides is 1. The number of nitrogens with zero attached hydrogens (tertiary/aromatic N) is 2. The van der Waals surface area contributed by atoms with Gasteiger partial charge in [0.15, 0.2) is 0 Å². The van der Waals surface area contributed by atoms with Crippen LogP contribution in [-0.4, -0.2) is 25.0 Å². The van der Waals surface area contributed by atoms with Gasteiger partial charge in [-0.2, -0.15) is 4.39 Å². The van der Waals surface area contributed by atoms with Crippen LogP contribution in [0.15, 0.2) is 42.6 Å². The molecule has 1 aromatic heterocycles. The van der Waals surface area contributed by atoms with Gasteiger partial charge in [-0.1, -0.05) is 12.1 Å². The Kier molecular flexibility index (Phi) is 4.30. The lowest BCUT2D eigenvalue weighted by Crippen LogP contribution is -2.23. The molecule has 2 aromatic rings. The van der Waals surface area contributed by atoms with Gasteiger partial charge in [0.2, 0.25) is 5.95 Å². The molecule has 0 radical (unpaired) electrons. The Morgan fingerprint density at radius 3 is 2.45 bits per heavy atom. The molecule has 1 N–H and O–H groups in total. The SMILES string of the molecule is CN(C)c1ccc(CNC(=O)c2ccc(F)nc2)cc1. The van der Waals surface area contributed by atoms with Crippen LogP contribution in [0.25, 0.3) is 0 Å². The molecule has 0 aliphatic heterocycles. The van der Waals surface area contributed by atoms with Crippen LogP contribution in [0.2, 0.25) is 0 Å². The van der Waals surface area contributed by atoms with Crippen LogP contribution in [0.4, 0.5) is 10.1 Å². The summed E-state index contributed by atoms with van der Waals surface area (Å²) in [5.74, 6) is -0.866. The highest BCUT2D eigenvalue weighted by molar-refractivity contribution is 5.93. The van der Waals surface area contributed by atoms with Crippen LogP contribution in [-0.2, 0) is 6.54 Å². The minimum atomic E-state index is -0.596. The van der Waals surface area contributed by atoms with E-state index in [2.05, 4.69) is 10.3 Å². The van der Waals surface area contributed by atoms with Crippen LogP contribution in [0.5, 0.6) is 0 Å². The molecule has 0 aliphatic rings. The highest BCUT2D eigenvalue weighted by Crippen LogP contribution is 2.12. The van der Waals surface area contributed by atoms with Crippen molar-refractivity contribution in [2.45, 2.75) is 6.54 Å². The summed E-state index contributed by atoms with van der Waals surface area (Å²) in [6, 6.07) is 10.5. The second-order valence-corrected chi connectivity index (χ2v) is 4.61. The van der Waals surface area contributed by atoms with Crippen LogP contribution in [0, 0.1) is 5.95 Å². The third-order valence-electron chi connectivity index (χ3n) is 2.90. The van der Waals surface area contributed by atoms with Crippen molar-refractivity contribution in [3.05, 3.63) is 59.7 Å². The number of pyridine rings is 1. The summed E-state index contributed by atoms with van der Waals surface area (Å²) in [4.78, 5) is 17.3. The summed E-state index contributed by atoms with van der Waals surface area (Å²) in [5.41, 5.74) is 2.44. The van der Waals surface area contributed by atoms with E-state index >= 15 is 0 Å². The van der Waals surface area contributed by atoms with E-state index in [1.165, 1.54) is 18.3 Å². The lowest BCUT2D eigenvalue weighted by Gasteiger charge is -2.12. The maximum atomic E-state index is 12.7. The van der Waals surface area contributed by atoms with E-state index in [-0.39, 0.29) is 5.91 Å². The van der Waals surface area contributed by atoms with Crippen molar-refractivity contribution < 1.29 is 9.18 Å². The van der Waals surface area contributed by atoms with Crippen molar-refractivity contribution >= 4 is 11.6 Å². The molecule has 0 atom stereocenters. The molecule has 1 heterocycles. The lowest BCUT2D eigenvalue weighted by atomic mass is 10.2. The zero-order valence-corrected chi connectivity index (χ0v) is 11.4. The van der Waals surface area contributed by atoms with E-state index in [4.69, 9.17) is 0 Å². The zero-order chi connectivity index (χ0) is 14.5. The molecule has 0 bridgehead atoms. The predicted molar refractivity (Wildman–Crippen MR) is 76.1 cm³/mol. The van der Waals surface area contributed by atoms with E-state index in [1.54, 1.807) is 0 Å². The Bertz CT molecular complexity index is 579. The molecule has 2 rings (SSSR count). The number of hydrogen-bond donors (Lipinski definition) is 1. The summed E-state index contributed by atoms with van der Waals surface area (Å²) in [6.45, 7) is 0.421. The van der Waals surface area contributed by atoms with Gasteiger partial charge in [-0.15, -0.1) is 0 Å². The number of aromatic nitrogens is 1. The van der Waals surface area contributed by atoms with Gasteiger partial charge in [-0.25, -0.2) is 4.98 Å². The lowest BCUT2D eigenvalue weighted by molar-refractivity contribution is 0.0950. The zero-order valence-electron chi connectivity index (χ0n) is 11.4. The fraction of sp³-hybridized carbons (Fsp3) is 0.200. The molecule has 1 amide bonds. The molecular weight excluding hydrogens is 257 g/mol. The van der Waals surface area contributed by atoms with Crippen molar-refractivity contribution in [1.29, 1.82) is 0 Å². The average Bonchev–Trinajstić information content (AvgIpc) is 2.46. The van der Waals surface area contributed by atoms with Gasteiger partial charge in [0, 0.05) is 32.5 Å². The second kappa shape index (κ2) is 6.14. The van der Waals surface area contributed by atoms with Gasteiger partial charge in [0.05, 0.1) is 5.56 Å². The third-order valence-corrected chi connectivity index (χ3v) is 2.90. The monoisotopic (exact) mass is 273 g/mol. The Morgan fingerprint density at radius 2 is 1.90 bits per heavy atom. The Labute approximate surface area is 117 Å². The highest BCUT2D eigenvalue weighted by atomic mass is 19.1. The fourth-order valence-electron chi connectivity index (χ4n) is 1.71. The van der Waals surface area contributed by atoms with E-state index in [0.717, 1.165) is 11.3 Å². The van der Waals surface area contributed by atoms with Crippen molar-refractivity contribution in [2.75, 3.05) is 19.0 Å². The summed E-state index contributed by atoms with van der Waals surface area (Å²) in [6.07, 6.45) is 1.22. The van der Waals surface area contributed by atoms with Crippen LogP contribution >= 0.6 is 0 Å². The average molecular weight is 273 g/mol. The molecule has 0 saturated heterocycles. The van der Waals surface area contributed by atoms with Gasteiger partial charge >= 0.3 is 0 Å². The third kappa shape index (κ3) is 3.54. The minimum absolute atomic E-state index is 0.269. The number of carbonyl (C=O) groups excluding carboxylic acids is 1. The maximum Gasteiger partial charge on any atom is 0.253 e. The van der Waals surface area contributed by atoms with Gasteiger partial charge < -0.3 is 10.2 Å². The number of nitrogens with one attached hydrogen (secondary N) is 1. The molecule has 0 unspecified atom stereocenters. The first kappa shape index (κ1) is 14.0. The normalized spacial score (nSPS) is 10.2. The van der Waals surface area contributed by atoms with Crippen LogP contribution in [0.1, 0.15) is 15.9 Å². The van der Waals surface area contributed by atoms with E-state index < -0.39 is 5.95 Å². The highest BCUT2D eigenvalue weighted by Gasteiger charge is 2.06. The van der Waals surface area contributed by atoms with E-state index in [9.17, 15) is 9.18 Å². The predicted octanol–water partition coefficient (Wildman–Crippen LogP) is 2.22. The first-order valence-electron chi connectivity index (χ1n) is 6.22. The Morgan fingerprint density at radius 1 is 1.20 bits per heavy atom. The summed E-state index contributed by atoms with van der Waals surface area (Å²) >= 11 is 0. The summed E-state index contributed by atoms with van der Waals surface area (Å²) in [7, 11) is 3.94. The number of halogens is 1. The molecule has 20 heavy (non-hydrogen) atoms. The smallest absolute Gasteiger partial charge is 0.253 e. The standard InChI is InChI=1S/C15H16FN3O/c1-19(2)13-6-3-11(4-7-13)9-18-15(20)12-5-8-14(16)17-10-12/h3-8,10H,9H2,1-2H3,(H,18,20). The van der Waals surface area contributed by atoms with Crippen molar-refractivity contribution in [1.82, 2.24) is 10.3 Å². The molecule has 0 aliphatic carbocycles. The van der Waals surface area contributed by atoms with Crippen LogP contribution in [0.3, 0.4) is 0 Å². The van der Waals surface area contributed by atoms with Gasteiger partial charge in [-0.3, -0.25) is 4.79 Å².